The molecule has 2 unspecified atom stereocenters. The van der Waals surface area contributed by atoms with Crippen LogP contribution < -0.4 is 16.4 Å². The van der Waals surface area contributed by atoms with Crippen molar-refractivity contribution in [2.75, 3.05) is 13.1 Å². The predicted molar refractivity (Wildman–Crippen MR) is 126 cm³/mol. The van der Waals surface area contributed by atoms with Gasteiger partial charge in [-0.05, 0) is 45.2 Å². The largest absolute Gasteiger partial charge is 0.444 e. The van der Waals surface area contributed by atoms with E-state index in [9.17, 15) is 24.4 Å². The molecular weight excluding hydrogens is 438 g/mol. The van der Waals surface area contributed by atoms with Crippen molar-refractivity contribution in [3.8, 4) is 6.07 Å². The van der Waals surface area contributed by atoms with Gasteiger partial charge in [0.25, 0.3) is 0 Å². The summed E-state index contributed by atoms with van der Waals surface area (Å²) in [5.41, 5.74) is 5.73. The number of rotatable bonds is 11. The number of nitrogens with one attached hydrogen (secondary N) is 2. The zero-order chi connectivity index (χ0) is 25.9. The highest BCUT2D eigenvalue weighted by molar-refractivity contribution is 5.94. The second kappa shape index (κ2) is 13.2. The Labute approximate surface area is 200 Å². The van der Waals surface area contributed by atoms with Crippen LogP contribution >= 0.6 is 0 Å². The van der Waals surface area contributed by atoms with Gasteiger partial charge in [0, 0.05) is 6.54 Å². The average Bonchev–Trinajstić information content (AvgIpc) is 2.72. The van der Waals surface area contributed by atoms with E-state index in [2.05, 4.69) is 10.6 Å². The number of aryl methyl sites for hydroxylation is 1. The second-order valence-corrected chi connectivity index (χ2v) is 8.90. The van der Waals surface area contributed by atoms with Gasteiger partial charge in [-0.3, -0.25) is 14.4 Å². The lowest BCUT2D eigenvalue weighted by molar-refractivity contribution is -0.142. The zero-order valence-corrected chi connectivity index (χ0v) is 20.5. The third kappa shape index (κ3) is 9.10. The van der Waals surface area contributed by atoms with Gasteiger partial charge < -0.3 is 26.0 Å². The van der Waals surface area contributed by atoms with Crippen molar-refractivity contribution >= 4 is 23.8 Å². The van der Waals surface area contributed by atoms with E-state index in [1.165, 1.54) is 0 Å². The monoisotopic (exact) mass is 473 g/mol. The van der Waals surface area contributed by atoms with Gasteiger partial charge in [0.2, 0.25) is 17.7 Å². The molecule has 4 amide bonds. The summed E-state index contributed by atoms with van der Waals surface area (Å²) >= 11 is 0. The Hall–Kier alpha value is -3.61. The maximum atomic E-state index is 13.5. The number of nitrogens with two attached hydrogens (primary N) is 1. The molecule has 10 heteroatoms. The molecule has 0 spiro atoms. The first kappa shape index (κ1) is 28.4. The molecule has 0 saturated heterocycles. The highest BCUT2D eigenvalue weighted by Crippen LogP contribution is 2.25. The van der Waals surface area contributed by atoms with E-state index < -0.39 is 54.5 Å². The topological polar surface area (TPSA) is 155 Å². The minimum Gasteiger partial charge on any atom is -0.444 e. The lowest BCUT2D eigenvalue weighted by Gasteiger charge is -2.33. The number of benzene rings is 1. The van der Waals surface area contributed by atoms with Crippen molar-refractivity contribution in [2.45, 2.75) is 71.6 Å². The maximum Gasteiger partial charge on any atom is 0.408 e. The fourth-order valence-corrected chi connectivity index (χ4v) is 3.25. The number of hydrogen-bond acceptors (Lipinski definition) is 6. The summed E-state index contributed by atoms with van der Waals surface area (Å²) in [6.45, 7) is 8.65. The normalized spacial score (nSPS) is 12.6. The number of primary amides is 1. The molecule has 10 nitrogen and oxygen atoms in total. The summed E-state index contributed by atoms with van der Waals surface area (Å²) in [5, 5.41) is 14.6. The van der Waals surface area contributed by atoms with Crippen LogP contribution in [0.5, 0.6) is 0 Å². The van der Waals surface area contributed by atoms with Crippen LogP contribution in [0.3, 0.4) is 0 Å². The van der Waals surface area contributed by atoms with Gasteiger partial charge in [0.1, 0.15) is 24.2 Å². The summed E-state index contributed by atoms with van der Waals surface area (Å²) in [4.78, 5) is 51.8. The number of hydrogen-bond donors (Lipinski definition) is 3. The first-order valence-electron chi connectivity index (χ1n) is 11.2. The molecule has 0 bridgehead atoms. The van der Waals surface area contributed by atoms with E-state index in [1.807, 2.05) is 13.0 Å². The van der Waals surface area contributed by atoms with E-state index in [1.54, 1.807) is 52.0 Å². The maximum absolute atomic E-state index is 13.5. The van der Waals surface area contributed by atoms with Crippen molar-refractivity contribution < 1.29 is 23.9 Å². The first-order chi connectivity index (χ1) is 15.9. The van der Waals surface area contributed by atoms with Crippen LogP contribution in [0.25, 0.3) is 0 Å². The molecule has 0 fully saturated rings. The average molecular weight is 474 g/mol. The molecule has 0 heterocycles. The minimum absolute atomic E-state index is 0.396. The zero-order valence-electron chi connectivity index (χ0n) is 20.5. The van der Waals surface area contributed by atoms with E-state index >= 15 is 0 Å². The molecule has 0 aliphatic heterocycles. The van der Waals surface area contributed by atoms with Crippen LogP contribution in [0.1, 0.15) is 64.1 Å². The number of alkyl carbamates (subject to hydrolysis) is 1. The van der Waals surface area contributed by atoms with Crippen molar-refractivity contribution in [3.05, 3.63) is 35.4 Å². The third-order valence-electron chi connectivity index (χ3n) is 4.79. The highest BCUT2D eigenvalue weighted by atomic mass is 16.6. The van der Waals surface area contributed by atoms with Crippen molar-refractivity contribution in [1.29, 1.82) is 5.26 Å². The molecule has 2 atom stereocenters. The van der Waals surface area contributed by atoms with Gasteiger partial charge in [-0.1, -0.05) is 37.6 Å². The number of ether oxygens (including phenoxy) is 1. The van der Waals surface area contributed by atoms with Crippen LogP contribution in [-0.2, 0) is 19.1 Å². The first-order valence-corrected chi connectivity index (χ1v) is 11.2. The lowest BCUT2D eigenvalue weighted by Crippen LogP contribution is -2.54. The number of nitrogens with zero attached hydrogens (tertiary/aromatic N) is 2. The summed E-state index contributed by atoms with van der Waals surface area (Å²) in [6.07, 6.45) is 0.140. The number of amides is 4. The molecule has 1 rings (SSSR count). The van der Waals surface area contributed by atoms with Gasteiger partial charge in [0.05, 0.1) is 12.5 Å². The van der Waals surface area contributed by atoms with Gasteiger partial charge in [-0.15, -0.1) is 0 Å². The quantitative estimate of drug-likeness (QED) is 0.330. The summed E-state index contributed by atoms with van der Waals surface area (Å²) in [6, 6.07) is 6.34. The van der Waals surface area contributed by atoms with Crippen LogP contribution in [0.15, 0.2) is 24.3 Å². The molecule has 0 radical (unpaired) electrons. The molecule has 34 heavy (non-hydrogen) atoms. The van der Waals surface area contributed by atoms with Gasteiger partial charge in [-0.2, -0.15) is 5.26 Å². The van der Waals surface area contributed by atoms with Gasteiger partial charge in [0.15, 0.2) is 0 Å². The van der Waals surface area contributed by atoms with Crippen LogP contribution in [0, 0.1) is 18.3 Å². The fraction of sp³-hybridized carbons (Fsp3) is 0.542. The van der Waals surface area contributed by atoms with Crippen molar-refractivity contribution in [3.63, 3.8) is 0 Å². The van der Waals surface area contributed by atoms with E-state index in [4.69, 9.17) is 10.5 Å². The lowest BCUT2D eigenvalue weighted by atomic mass is 9.97. The second-order valence-electron chi connectivity index (χ2n) is 8.90. The molecule has 1 aromatic rings. The molecular formula is C24H35N5O5. The van der Waals surface area contributed by atoms with Crippen molar-refractivity contribution in [1.82, 2.24) is 15.5 Å². The predicted octanol–water partition coefficient (Wildman–Crippen LogP) is 2.07. The molecule has 4 N–H and O–H groups in total. The van der Waals surface area contributed by atoms with E-state index in [0.717, 1.165) is 23.3 Å². The minimum atomic E-state index is -1.42. The molecule has 0 saturated carbocycles. The molecule has 0 aliphatic carbocycles. The summed E-state index contributed by atoms with van der Waals surface area (Å²) < 4.78 is 5.20. The number of nitriles is 1. The van der Waals surface area contributed by atoms with E-state index in [0.29, 0.717) is 12.1 Å². The Bertz CT molecular complexity index is 919. The Morgan fingerprint density at radius 2 is 1.85 bits per heavy atom. The Kier molecular flexibility index (Phi) is 11.0. The van der Waals surface area contributed by atoms with Crippen LogP contribution in [0.4, 0.5) is 4.79 Å². The highest BCUT2D eigenvalue weighted by Gasteiger charge is 2.37. The number of carbonyl (C=O) groups excluding carboxylic acids is 4. The standard InChI is InChI=1S/C24H35N5O5/c1-6-7-13-27-21(31)20(17-11-9-8-10-16(17)2)29(14-12-25)22(32)18(15-19(26)30)28-23(33)34-24(3,4)5/h8-11,18,20H,6-7,13-15H2,1-5H3,(H2,26,30)(H,27,31)(H,28,33). The summed E-state index contributed by atoms with van der Waals surface area (Å²) in [7, 11) is 0. The molecule has 1 aromatic carbocycles. The van der Waals surface area contributed by atoms with Gasteiger partial charge in [-0.25, -0.2) is 4.79 Å². The SMILES string of the molecule is CCCCNC(=O)C(c1ccccc1C)N(CC#N)C(=O)C(CC(N)=O)NC(=O)OC(C)(C)C. The number of unbranched alkanes of at least 4 members (excludes halogenated alkanes) is 1. The van der Waals surface area contributed by atoms with Crippen LogP contribution in [-0.4, -0.2) is 53.4 Å². The smallest absolute Gasteiger partial charge is 0.408 e. The molecule has 0 aromatic heterocycles. The molecule has 186 valence electrons. The summed E-state index contributed by atoms with van der Waals surface area (Å²) in [5.74, 6) is -2.11. The van der Waals surface area contributed by atoms with Crippen molar-refractivity contribution in [2.24, 2.45) is 5.73 Å². The number of carbonyl (C=O) groups is 4. The molecule has 0 aliphatic rings. The third-order valence-corrected chi connectivity index (χ3v) is 4.79. The Morgan fingerprint density at radius 1 is 1.21 bits per heavy atom. The van der Waals surface area contributed by atoms with Gasteiger partial charge >= 0.3 is 6.09 Å². The fourth-order valence-electron chi connectivity index (χ4n) is 3.25. The Balaban J connectivity index is 3.41. The van der Waals surface area contributed by atoms with Crippen LogP contribution in [0.2, 0.25) is 0 Å². The Morgan fingerprint density at radius 3 is 2.38 bits per heavy atom. The van der Waals surface area contributed by atoms with E-state index in [-0.39, 0.29) is 0 Å².